The maximum atomic E-state index is 5.66. The highest BCUT2D eigenvalue weighted by Crippen LogP contribution is 2.31. The highest BCUT2D eigenvalue weighted by molar-refractivity contribution is 14.1. The lowest BCUT2D eigenvalue weighted by Gasteiger charge is -2.06. The first kappa shape index (κ1) is 8.98. The van der Waals surface area contributed by atoms with Crippen LogP contribution in [-0.2, 0) is 0 Å². The lowest BCUT2D eigenvalue weighted by Crippen LogP contribution is -1.99. The van der Waals surface area contributed by atoms with Crippen molar-refractivity contribution < 1.29 is 4.74 Å². The topological polar surface area (TPSA) is 22.1 Å². The van der Waals surface area contributed by atoms with Gasteiger partial charge in [-0.3, -0.25) is 4.98 Å². The Kier molecular flexibility index (Phi) is 2.73. The van der Waals surface area contributed by atoms with E-state index in [2.05, 4.69) is 50.2 Å². The Labute approximate surface area is 98.4 Å². The normalized spacial score (nSPS) is 16.2. The Morgan fingerprint density at radius 3 is 2.75 bits per heavy atom. The van der Waals surface area contributed by atoms with E-state index in [0.29, 0.717) is 6.10 Å². The lowest BCUT2D eigenvalue weighted by molar-refractivity contribution is 0.299. The molecule has 64 valence electrons. The van der Waals surface area contributed by atoms with Crippen LogP contribution in [0, 0.1) is 7.14 Å². The van der Waals surface area contributed by atoms with Crippen LogP contribution in [0.25, 0.3) is 0 Å². The van der Waals surface area contributed by atoms with E-state index in [-0.39, 0.29) is 0 Å². The second-order valence-corrected chi connectivity index (χ2v) is 4.99. The molecule has 0 saturated heterocycles. The number of nitrogens with zero attached hydrogens (tertiary/aromatic N) is 1. The molecule has 12 heavy (non-hydrogen) atoms. The van der Waals surface area contributed by atoms with E-state index in [1.807, 2.05) is 6.20 Å². The summed E-state index contributed by atoms with van der Waals surface area (Å²) in [6, 6.07) is 0. The fraction of sp³-hybridized carbons (Fsp3) is 0.375. The molecule has 0 unspecified atom stereocenters. The van der Waals surface area contributed by atoms with Gasteiger partial charge in [0.15, 0.2) is 5.75 Å². The van der Waals surface area contributed by atoms with Gasteiger partial charge in [-0.15, -0.1) is 0 Å². The van der Waals surface area contributed by atoms with E-state index < -0.39 is 0 Å². The largest absolute Gasteiger partial charge is 0.488 e. The van der Waals surface area contributed by atoms with Crippen LogP contribution in [0.1, 0.15) is 12.8 Å². The van der Waals surface area contributed by atoms with Gasteiger partial charge in [-0.1, -0.05) is 0 Å². The van der Waals surface area contributed by atoms with Gasteiger partial charge in [0.05, 0.1) is 15.9 Å². The molecule has 1 heterocycles. The molecule has 0 atom stereocenters. The minimum absolute atomic E-state index is 0.457. The summed E-state index contributed by atoms with van der Waals surface area (Å²) in [7, 11) is 0. The first-order valence-electron chi connectivity index (χ1n) is 3.73. The second kappa shape index (κ2) is 3.65. The second-order valence-electron chi connectivity index (χ2n) is 2.75. The number of hydrogen-bond donors (Lipinski definition) is 0. The Hall–Kier alpha value is 0.410. The summed E-state index contributed by atoms with van der Waals surface area (Å²) in [5.41, 5.74) is 0. The number of rotatable bonds is 2. The Bertz CT molecular complexity index is 299. The van der Waals surface area contributed by atoms with Crippen molar-refractivity contribution in [3.05, 3.63) is 19.5 Å². The fourth-order valence-corrected chi connectivity index (χ4v) is 1.68. The van der Waals surface area contributed by atoms with Crippen molar-refractivity contribution in [2.24, 2.45) is 0 Å². The third kappa shape index (κ3) is 2.01. The quantitative estimate of drug-likeness (QED) is 0.729. The average Bonchev–Trinajstić information content (AvgIpc) is 2.83. The third-order valence-corrected chi connectivity index (χ3v) is 4.59. The predicted molar refractivity (Wildman–Crippen MR) is 63.3 cm³/mol. The minimum Gasteiger partial charge on any atom is -0.488 e. The van der Waals surface area contributed by atoms with Crippen molar-refractivity contribution in [3.63, 3.8) is 0 Å². The molecule has 0 aliphatic heterocycles. The molecule has 0 N–H and O–H groups in total. The molecule has 2 nitrogen and oxygen atoms in total. The summed E-state index contributed by atoms with van der Waals surface area (Å²) in [5.74, 6) is 0.935. The maximum Gasteiger partial charge on any atom is 0.152 e. The van der Waals surface area contributed by atoms with E-state index >= 15 is 0 Å². The summed E-state index contributed by atoms with van der Waals surface area (Å²) in [4.78, 5) is 4.09. The molecular weight excluding hydrogens is 380 g/mol. The first-order valence-corrected chi connectivity index (χ1v) is 5.89. The highest BCUT2D eigenvalue weighted by Gasteiger charge is 2.24. The van der Waals surface area contributed by atoms with Crippen LogP contribution in [-0.4, -0.2) is 11.1 Å². The van der Waals surface area contributed by atoms with E-state index in [1.54, 1.807) is 6.20 Å². The van der Waals surface area contributed by atoms with Crippen LogP contribution in [0.3, 0.4) is 0 Å². The van der Waals surface area contributed by atoms with Crippen LogP contribution >= 0.6 is 45.2 Å². The minimum atomic E-state index is 0.457. The van der Waals surface area contributed by atoms with Crippen molar-refractivity contribution in [3.8, 4) is 5.75 Å². The van der Waals surface area contributed by atoms with E-state index in [0.717, 1.165) is 9.32 Å². The van der Waals surface area contributed by atoms with E-state index in [4.69, 9.17) is 4.74 Å². The standard InChI is InChI=1S/C8H7I2NO/c9-6-3-11-4-7(8(6)10)12-5-1-2-5/h3-5H,1-2H2. The monoisotopic (exact) mass is 387 g/mol. The van der Waals surface area contributed by atoms with Crippen molar-refractivity contribution in [2.45, 2.75) is 18.9 Å². The van der Waals surface area contributed by atoms with Gasteiger partial charge in [-0.25, -0.2) is 0 Å². The molecule has 0 spiro atoms. The smallest absolute Gasteiger partial charge is 0.152 e. The fourth-order valence-electron chi connectivity index (χ4n) is 0.849. The molecule has 4 heteroatoms. The maximum absolute atomic E-state index is 5.66. The van der Waals surface area contributed by atoms with Gasteiger partial charge < -0.3 is 4.74 Å². The highest BCUT2D eigenvalue weighted by atomic mass is 127. The first-order chi connectivity index (χ1) is 5.77. The predicted octanol–water partition coefficient (Wildman–Crippen LogP) is 2.83. The van der Waals surface area contributed by atoms with Crippen LogP contribution < -0.4 is 4.74 Å². The van der Waals surface area contributed by atoms with Crippen molar-refractivity contribution in [1.82, 2.24) is 4.98 Å². The number of hydrogen-bond acceptors (Lipinski definition) is 2. The summed E-state index contributed by atoms with van der Waals surface area (Å²) in [6.45, 7) is 0. The molecule has 1 saturated carbocycles. The van der Waals surface area contributed by atoms with Crippen LogP contribution in [0.15, 0.2) is 12.4 Å². The molecule has 1 fully saturated rings. The van der Waals surface area contributed by atoms with Crippen molar-refractivity contribution in [1.29, 1.82) is 0 Å². The Morgan fingerprint density at radius 1 is 1.33 bits per heavy atom. The van der Waals surface area contributed by atoms with Crippen LogP contribution in [0.2, 0.25) is 0 Å². The van der Waals surface area contributed by atoms with Gasteiger partial charge in [-0.2, -0.15) is 0 Å². The van der Waals surface area contributed by atoms with Gasteiger partial charge in [0, 0.05) is 9.77 Å². The van der Waals surface area contributed by atoms with Crippen molar-refractivity contribution >= 4 is 45.2 Å². The molecule has 1 aromatic rings. The van der Waals surface area contributed by atoms with Gasteiger partial charge in [0.2, 0.25) is 0 Å². The summed E-state index contributed by atoms with van der Waals surface area (Å²) in [5, 5.41) is 0. The molecule has 2 rings (SSSR count). The number of ether oxygens (including phenoxy) is 1. The summed E-state index contributed by atoms with van der Waals surface area (Å²) >= 11 is 4.56. The molecule has 0 aromatic carbocycles. The number of aromatic nitrogens is 1. The van der Waals surface area contributed by atoms with Crippen LogP contribution in [0.5, 0.6) is 5.75 Å². The molecule has 1 aromatic heterocycles. The zero-order valence-electron chi connectivity index (χ0n) is 6.26. The zero-order valence-corrected chi connectivity index (χ0v) is 10.6. The molecule has 0 radical (unpaired) electrons. The van der Waals surface area contributed by atoms with E-state index in [1.165, 1.54) is 16.4 Å². The van der Waals surface area contributed by atoms with Gasteiger partial charge in [0.25, 0.3) is 0 Å². The SMILES string of the molecule is Ic1cncc(OC2CC2)c1I. The molecule has 0 amide bonds. The number of pyridine rings is 1. The van der Waals surface area contributed by atoms with Gasteiger partial charge in [0.1, 0.15) is 0 Å². The zero-order chi connectivity index (χ0) is 8.55. The van der Waals surface area contributed by atoms with Crippen molar-refractivity contribution in [2.75, 3.05) is 0 Å². The Balaban J connectivity index is 2.23. The molecule has 1 aliphatic rings. The lowest BCUT2D eigenvalue weighted by atomic mass is 10.5. The summed E-state index contributed by atoms with van der Waals surface area (Å²) in [6.07, 6.45) is 6.49. The third-order valence-electron chi connectivity index (χ3n) is 1.62. The van der Waals surface area contributed by atoms with Gasteiger partial charge >= 0.3 is 0 Å². The molecule has 0 bridgehead atoms. The van der Waals surface area contributed by atoms with Crippen LogP contribution in [0.4, 0.5) is 0 Å². The average molecular weight is 387 g/mol. The Morgan fingerprint density at radius 2 is 2.08 bits per heavy atom. The van der Waals surface area contributed by atoms with E-state index in [9.17, 15) is 0 Å². The number of halogens is 2. The molecule has 1 aliphatic carbocycles. The van der Waals surface area contributed by atoms with Gasteiger partial charge in [-0.05, 0) is 58.0 Å². The summed E-state index contributed by atoms with van der Waals surface area (Å²) < 4.78 is 8.00. The molecular formula is C8H7I2NO.